The van der Waals surface area contributed by atoms with Gasteiger partial charge in [0.2, 0.25) is 0 Å². The van der Waals surface area contributed by atoms with Gasteiger partial charge in [0.05, 0.1) is 18.8 Å². The Kier molecular flexibility index (Phi) is 7.17. The Morgan fingerprint density at radius 1 is 1.16 bits per heavy atom. The lowest BCUT2D eigenvalue weighted by atomic mass is 9.96. The van der Waals surface area contributed by atoms with Crippen LogP contribution in [0.3, 0.4) is 0 Å². The largest absolute Gasteiger partial charge is 0.495 e. The number of amides is 2. The summed E-state index contributed by atoms with van der Waals surface area (Å²) in [7, 11) is 7.59. The van der Waals surface area contributed by atoms with Gasteiger partial charge in [-0.05, 0) is 68.8 Å². The van der Waals surface area contributed by atoms with Gasteiger partial charge in [0.15, 0.2) is 0 Å². The van der Waals surface area contributed by atoms with Crippen molar-refractivity contribution in [2.24, 2.45) is 0 Å². The van der Waals surface area contributed by atoms with E-state index in [0.29, 0.717) is 18.0 Å². The Labute approximate surface area is 184 Å². The maximum absolute atomic E-state index is 12.5. The van der Waals surface area contributed by atoms with Crippen LogP contribution in [0, 0.1) is 6.92 Å². The number of fused-ring (bicyclic) bond motifs is 1. The molecule has 1 aliphatic heterocycles. The van der Waals surface area contributed by atoms with Gasteiger partial charge in [0.1, 0.15) is 5.75 Å². The number of hydrogen-bond donors (Lipinski definition) is 2. The van der Waals surface area contributed by atoms with E-state index in [9.17, 15) is 9.59 Å². The van der Waals surface area contributed by atoms with E-state index in [1.807, 2.05) is 27.1 Å². The summed E-state index contributed by atoms with van der Waals surface area (Å²) in [5, 5.41) is 5.43. The third-order valence-electron chi connectivity index (χ3n) is 5.73. The van der Waals surface area contributed by atoms with Gasteiger partial charge < -0.3 is 25.2 Å². The molecule has 0 spiro atoms. The Morgan fingerprint density at radius 2 is 1.94 bits per heavy atom. The van der Waals surface area contributed by atoms with Crippen molar-refractivity contribution in [1.29, 1.82) is 0 Å². The van der Waals surface area contributed by atoms with Crippen LogP contribution in [-0.4, -0.2) is 58.1 Å². The SMILES string of the molecule is COc1ccc(C)cc1NC(=O)C(=O)NCC(c1ccc2c(c1)CCCN2C)N(C)C. The molecule has 1 aliphatic rings. The molecule has 1 atom stereocenters. The van der Waals surface area contributed by atoms with Gasteiger partial charge >= 0.3 is 11.8 Å². The molecule has 166 valence electrons. The summed E-state index contributed by atoms with van der Waals surface area (Å²) in [6.45, 7) is 3.31. The molecule has 0 radical (unpaired) electrons. The second-order valence-corrected chi connectivity index (χ2v) is 8.26. The minimum Gasteiger partial charge on any atom is -0.495 e. The summed E-state index contributed by atoms with van der Waals surface area (Å²) in [6, 6.07) is 11.9. The van der Waals surface area contributed by atoms with E-state index in [0.717, 1.165) is 30.5 Å². The number of hydrogen-bond acceptors (Lipinski definition) is 5. The van der Waals surface area contributed by atoms with Crippen molar-refractivity contribution in [2.45, 2.75) is 25.8 Å². The zero-order valence-electron chi connectivity index (χ0n) is 19.0. The van der Waals surface area contributed by atoms with Crippen molar-refractivity contribution in [3.05, 3.63) is 53.1 Å². The third kappa shape index (κ3) is 5.35. The molecule has 1 unspecified atom stereocenters. The Morgan fingerprint density at radius 3 is 2.65 bits per heavy atom. The van der Waals surface area contributed by atoms with E-state index < -0.39 is 11.8 Å². The molecule has 2 aromatic rings. The number of rotatable bonds is 6. The monoisotopic (exact) mass is 424 g/mol. The Bertz CT molecular complexity index is 958. The molecule has 0 saturated heterocycles. The summed E-state index contributed by atoms with van der Waals surface area (Å²) >= 11 is 0. The van der Waals surface area contributed by atoms with Crippen LogP contribution in [0.5, 0.6) is 5.75 Å². The average Bonchev–Trinajstić information content (AvgIpc) is 2.73. The van der Waals surface area contributed by atoms with Crippen LogP contribution >= 0.6 is 0 Å². The highest BCUT2D eigenvalue weighted by Crippen LogP contribution is 2.30. The lowest BCUT2D eigenvalue weighted by molar-refractivity contribution is -0.136. The highest BCUT2D eigenvalue weighted by Gasteiger charge is 2.22. The molecule has 3 rings (SSSR count). The fraction of sp³-hybridized carbons (Fsp3) is 0.417. The number of carbonyl (C=O) groups excluding carboxylic acids is 2. The number of benzene rings is 2. The molecule has 31 heavy (non-hydrogen) atoms. The first-order valence-corrected chi connectivity index (χ1v) is 10.5. The van der Waals surface area contributed by atoms with E-state index in [4.69, 9.17) is 4.74 Å². The molecule has 0 bridgehead atoms. The second-order valence-electron chi connectivity index (χ2n) is 8.26. The van der Waals surface area contributed by atoms with Crippen LogP contribution in [0.15, 0.2) is 36.4 Å². The molecule has 2 N–H and O–H groups in total. The molecule has 0 saturated carbocycles. The van der Waals surface area contributed by atoms with Crippen LogP contribution in [0.1, 0.15) is 29.2 Å². The smallest absolute Gasteiger partial charge is 0.313 e. The highest BCUT2D eigenvalue weighted by molar-refractivity contribution is 6.39. The molecule has 0 aliphatic carbocycles. The first-order valence-electron chi connectivity index (χ1n) is 10.5. The molecule has 2 amide bonds. The van der Waals surface area contributed by atoms with Crippen molar-refractivity contribution < 1.29 is 14.3 Å². The van der Waals surface area contributed by atoms with E-state index in [-0.39, 0.29) is 6.04 Å². The molecule has 0 aromatic heterocycles. The maximum Gasteiger partial charge on any atom is 0.313 e. The molecule has 0 fully saturated rings. The number of nitrogens with one attached hydrogen (secondary N) is 2. The minimum absolute atomic E-state index is 0.0391. The Balaban J connectivity index is 1.67. The predicted molar refractivity (Wildman–Crippen MR) is 124 cm³/mol. The number of anilines is 2. The number of likely N-dealkylation sites (N-methyl/N-ethyl adjacent to an activating group) is 1. The van der Waals surface area contributed by atoms with E-state index in [1.165, 1.54) is 18.4 Å². The van der Waals surface area contributed by atoms with Gasteiger partial charge in [0, 0.05) is 25.8 Å². The Hall–Kier alpha value is -3.06. The number of ether oxygens (including phenoxy) is 1. The normalized spacial score (nSPS) is 14.1. The van der Waals surface area contributed by atoms with Crippen LogP contribution in [0.4, 0.5) is 11.4 Å². The van der Waals surface area contributed by atoms with Crippen molar-refractivity contribution in [3.63, 3.8) is 0 Å². The average molecular weight is 425 g/mol. The third-order valence-corrected chi connectivity index (χ3v) is 5.73. The van der Waals surface area contributed by atoms with E-state index in [1.54, 1.807) is 12.1 Å². The van der Waals surface area contributed by atoms with Crippen LogP contribution < -0.4 is 20.3 Å². The lowest BCUT2D eigenvalue weighted by Gasteiger charge is -2.30. The zero-order valence-corrected chi connectivity index (χ0v) is 19.0. The van der Waals surface area contributed by atoms with Gasteiger partial charge in [0.25, 0.3) is 0 Å². The standard InChI is InChI=1S/C24H32N4O3/c1-16-8-11-22(31-5)19(13-16)26-24(30)23(29)25-15-21(27(2)3)18-9-10-20-17(14-18)7-6-12-28(20)4/h8-11,13-14,21H,6-7,12,15H2,1-5H3,(H,25,29)(H,26,30). The quantitative estimate of drug-likeness (QED) is 0.698. The summed E-state index contributed by atoms with van der Waals surface area (Å²) < 4.78 is 5.26. The predicted octanol–water partition coefficient (Wildman–Crippen LogP) is 2.74. The summed E-state index contributed by atoms with van der Waals surface area (Å²) in [5.41, 5.74) is 5.16. The van der Waals surface area contributed by atoms with Crippen molar-refractivity contribution in [1.82, 2.24) is 10.2 Å². The topological polar surface area (TPSA) is 73.9 Å². The lowest BCUT2D eigenvalue weighted by Crippen LogP contribution is -2.40. The van der Waals surface area contributed by atoms with Gasteiger partial charge in [-0.3, -0.25) is 9.59 Å². The first-order chi connectivity index (χ1) is 14.8. The van der Waals surface area contributed by atoms with Crippen molar-refractivity contribution >= 4 is 23.2 Å². The van der Waals surface area contributed by atoms with Gasteiger partial charge in [-0.2, -0.15) is 0 Å². The van der Waals surface area contributed by atoms with Gasteiger partial charge in [-0.1, -0.05) is 18.2 Å². The molecule has 7 heteroatoms. The van der Waals surface area contributed by atoms with Crippen LogP contribution in [0.2, 0.25) is 0 Å². The number of methoxy groups -OCH3 is 1. The second kappa shape index (κ2) is 9.83. The fourth-order valence-corrected chi connectivity index (χ4v) is 3.98. The maximum atomic E-state index is 12.5. The van der Waals surface area contributed by atoms with Crippen LogP contribution in [0.25, 0.3) is 0 Å². The van der Waals surface area contributed by atoms with Crippen LogP contribution in [-0.2, 0) is 16.0 Å². The molecular weight excluding hydrogens is 392 g/mol. The van der Waals surface area contributed by atoms with Gasteiger partial charge in [-0.25, -0.2) is 0 Å². The molecule has 1 heterocycles. The number of carbonyl (C=O) groups is 2. The minimum atomic E-state index is -0.714. The molecule has 2 aromatic carbocycles. The van der Waals surface area contributed by atoms with E-state index in [2.05, 4.69) is 45.7 Å². The van der Waals surface area contributed by atoms with E-state index >= 15 is 0 Å². The number of nitrogens with zero attached hydrogens (tertiary/aromatic N) is 2. The highest BCUT2D eigenvalue weighted by atomic mass is 16.5. The first kappa shape index (κ1) is 22.6. The fourth-order valence-electron chi connectivity index (χ4n) is 3.98. The van der Waals surface area contributed by atoms with Crippen molar-refractivity contribution in [2.75, 3.05) is 51.6 Å². The number of aryl methyl sites for hydroxylation is 2. The molecular formula is C24H32N4O3. The summed E-state index contributed by atoms with van der Waals surface area (Å²) in [6.07, 6.45) is 2.19. The summed E-state index contributed by atoms with van der Waals surface area (Å²) in [5.74, 6) is -0.876. The van der Waals surface area contributed by atoms with Gasteiger partial charge in [-0.15, -0.1) is 0 Å². The van der Waals surface area contributed by atoms with Crippen molar-refractivity contribution in [3.8, 4) is 5.75 Å². The summed E-state index contributed by atoms with van der Waals surface area (Å²) in [4.78, 5) is 29.2. The molecule has 7 nitrogen and oxygen atoms in total. The zero-order chi connectivity index (χ0) is 22.5.